The minimum atomic E-state index is -0.740. The lowest BCUT2D eigenvalue weighted by Crippen LogP contribution is -2.61. The van der Waals surface area contributed by atoms with Crippen molar-refractivity contribution in [3.63, 3.8) is 0 Å². The van der Waals surface area contributed by atoms with Gasteiger partial charge in [0, 0.05) is 19.7 Å². The number of hydrogen-bond acceptors (Lipinski definition) is 6. The number of hydrogen-bond donors (Lipinski definition) is 2. The molecule has 2 aromatic rings. The summed E-state index contributed by atoms with van der Waals surface area (Å²) in [7, 11) is 3.06. The first-order valence-corrected chi connectivity index (χ1v) is 9.78. The molecule has 0 aliphatic carbocycles. The van der Waals surface area contributed by atoms with Gasteiger partial charge in [-0.3, -0.25) is 14.6 Å². The molecule has 0 radical (unpaired) electrons. The van der Waals surface area contributed by atoms with Gasteiger partial charge >= 0.3 is 12.0 Å². The van der Waals surface area contributed by atoms with E-state index in [0.717, 1.165) is 10.5 Å². The molecule has 3 amide bonds. The second kappa shape index (κ2) is 8.02. The van der Waals surface area contributed by atoms with Crippen molar-refractivity contribution in [2.75, 3.05) is 14.1 Å². The molecule has 0 saturated carbocycles. The molecule has 2 heterocycles. The zero-order valence-electron chi connectivity index (χ0n) is 17.5. The monoisotopic (exact) mass is 419 g/mol. The first-order chi connectivity index (χ1) is 14.9. The van der Waals surface area contributed by atoms with E-state index in [2.05, 4.69) is 15.5 Å². The Balaban J connectivity index is 1.73. The Bertz CT molecular complexity index is 1140. The van der Waals surface area contributed by atoms with E-state index in [4.69, 9.17) is 0 Å². The molecule has 31 heavy (non-hydrogen) atoms. The molecule has 1 saturated heterocycles. The van der Waals surface area contributed by atoms with Gasteiger partial charge in [0.2, 0.25) is 11.9 Å². The Morgan fingerprint density at radius 2 is 1.77 bits per heavy atom. The Kier molecular flexibility index (Phi) is 5.24. The summed E-state index contributed by atoms with van der Waals surface area (Å²) in [6, 6.07) is 15.4. The fraction of sp³-hybridized carbons (Fsp3) is 0.227. The summed E-state index contributed by atoms with van der Waals surface area (Å²) >= 11 is 0. The molecule has 9 heteroatoms. The third-order valence-corrected chi connectivity index (χ3v) is 5.34. The zero-order valence-corrected chi connectivity index (χ0v) is 17.5. The number of guanidine groups is 1. The van der Waals surface area contributed by atoms with E-state index in [0.29, 0.717) is 29.6 Å². The van der Waals surface area contributed by atoms with Crippen LogP contribution in [0.1, 0.15) is 18.1 Å². The minimum absolute atomic E-state index is 0.116. The van der Waals surface area contributed by atoms with E-state index in [1.807, 2.05) is 36.4 Å². The molecule has 0 bridgehead atoms. The third-order valence-electron chi connectivity index (χ3n) is 5.34. The number of aromatic hydroxyl groups is 1. The number of urea groups is 1. The molecule has 0 spiro atoms. The summed E-state index contributed by atoms with van der Waals surface area (Å²) in [4.78, 5) is 32.3. The van der Waals surface area contributed by atoms with E-state index in [1.165, 1.54) is 11.9 Å². The van der Waals surface area contributed by atoms with Gasteiger partial charge in [-0.25, -0.2) is 9.37 Å². The van der Waals surface area contributed by atoms with Gasteiger partial charge in [0.05, 0.1) is 12.3 Å². The van der Waals surface area contributed by atoms with Crippen LogP contribution in [0.5, 0.6) is 5.75 Å². The summed E-state index contributed by atoms with van der Waals surface area (Å²) < 4.78 is 1.79. The highest BCUT2D eigenvalue weighted by Crippen LogP contribution is 2.20. The summed E-state index contributed by atoms with van der Waals surface area (Å²) in [5, 5.41) is 14.4. The number of imide groups is 1. The number of carbonyl (C=O) groups is 2. The lowest BCUT2D eigenvalue weighted by molar-refractivity contribution is -0.553. The maximum atomic E-state index is 13.0. The summed E-state index contributed by atoms with van der Waals surface area (Å²) in [6.45, 7) is 2.15. The molecule has 9 nitrogen and oxygen atoms in total. The quantitative estimate of drug-likeness (QED) is 0.446. The SMILES string of the molecule is C/C(=N\NC1=[N+](Cc2ccccc2)C2C(=O)N(C)C(=O)N(C)C2=N1)c1ccccc1O. The maximum absolute atomic E-state index is 13.0. The van der Waals surface area contributed by atoms with Gasteiger partial charge < -0.3 is 5.11 Å². The summed E-state index contributed by atoms with van der Waals surface area (Å²) in [5.41, 5.74) is 5.04. The smallest absolute Gasteiger partial charge is 0.414 e. The number of amidine groups is 1. The number of para-hydroxylation sites is 1. The van der Waals surface area contributed by atoms with Crippen molar-refractivity contribution < 1.29 is 19.3 Å². The summed E-state index contributed by atoms with van der Waals surface area (Å²) in [6.07, 6.45) is 0. The average Bonchev–Trinajstić information content (AvgIpc) is 3.14. The van der Waals surface area contributed by atoms with Crippen molar-refractivity contribution >= 4 is 29.4 Å². The van der Waals surface area contributed by atoms with Crippen molar-refractivity contribution in [3.8, 4) is 5.75 Å². The number of phenolic OH excluding ortho intramolecular Hbond substituents is 1. The molecule has 2 aliphatic heterocycles. The molecule has 2 aliphatic rings. The number of carbonyl (C=O) groups excluding carboxylic acids is 2. The molecule has 0 aromatic heterocycles. The van der Waals surface area contributed by atoms with Crippen molar-refractivity contribution in [1.82, 2.24) is 15.2 Å². The molecule has 4 rings (SSSR count). The van der Waals surface area contributed by atoms with E-state index >= 15 is 0 Å². The molecule has 158 valence electrons. The Morgan fingerprint density at radius 1 is 1.10 bits per heavy atom. The first kappa shape index (κ1) is 20.3. The van der Waals surface area contributed by atoms with Crippen LogP contribution in [0.15, 0.2) is 64.7 Å². The largest absolute Gasteiger partial charge is 0.507 e. The van der Waals surface area contributed by atoms with Crippen LogP contribution >= 0.6 is 0 Å². The van der Waals surface area contributed by atoms with Gasteiger partial charge in [-0.1, -0.05) is 47.5 Å². The highest BCUT2D eigenvalue weighted by Gasteiger charge is 2.51. The van der Waals surface area contributed by atoms with Gasteiger partial charge in [0.1, 0.15) is 5.75 Å². The van der Waals surface area contributed by atoms with Gasteiger partial charge in [-0.05, 0) is 24.6 Å². The average molecular weight is 419 g/mol. The van der Waals surface area contributed by atoms with Crippen LogP contribution in [0.4, 0.5) is 4.79 Å². The topological polar surface area (TPSA) is 101 Å². The summed E-state index contributed by atoms with van der Waals surface area (Å²) in [5.74, 6) is 0.463. The fourth-order valence-corrected chi connectivity index (χ4v) is 3.61. The second-order valence-corrected chi connectivity index (χ2v) is 7.37. The van der Waals surface area contributed by atoms with Gasteiger partial charge in [-0.2, -0.15) is 5.43 Å². The number of likely N-dealkylation sites (N-methyl/N-ethyl adjacent to an activating group) is 2. The number of benzene rings is 2. The van der Waals surface area contributed by atoms with E-state index in [1.54, 1.807) is 36.7 Å². The third kappa shape index (κ3) is 3.65. The van der Waals surface area contributed by atoms with Crippen molar-refractivity contribution in [1.29, 1.82) is 0 Å². The van der Waals surface area contributed by atoms with Gasteiger partial charge in [0.25, 0.3) is 5.91 Å². The number of hydrazone groups is 1. The van der Waals surface area contributed by atoms with Crippen LogP contribution < -0.4 is 5.43 Å². The fourth-order valence-electron chi connectivity index (χ4n) is 3.61. The Morgan fingerprint density at radius 3 is 2.48 bits per heavy atom. The van der Waals surface area contributed by atoms with Crippen molar-refractivity contribution in [2.24, 2.45) is 10.1 Å². The number of fused-ring (bicyclic) bond motifs is 1. The van der Waals surface area contributed by atoms with Gasteiger partial charge in [0.15, 0.2) is 0 Å². The highest BCUT2D eigenvalue weighted by molar-refractivity contribution is 6.22. The standard InChI is InChI=1S/C22H22N6O3/c1-14(16-11-7-8-12-17(16)29)24-25-21-23-19-18(20(30)27(3)22(31)26(19)2)28(21)13-15-9-5-4-6-10-15/h4-12,18H,13H2,1-3H3,(H,24,29)/p+1. The maximum Gasteiger partial charge on any atom is 0.414 e. The lowest BCUT2D eigenvalue weighted by Gasteiger charge is -2.31. The van der Waals surface area contributed by atoms with Crippen LogP contribution in [-0.4, -0.2) is 69.1 Å². The number of aliphatic imine (C=N–C) groups is 1. The number of nitrogens with zero attached hydrogens (tertiary/aromatic N) is 5. The van der Waals surface area contributed by atoms with Crippen LogP contribution in [-0.2, 0) is 11.3 Å². The van der Waals surface area contributed by atoms with Crippen LogP contribution in [0.2, 0.25) is 0 Å². The molecule has 1 fully saturated rings. The highest BCUT2D eigenvalue weighted by atomic mass is 16.3. The first-order valence-electron chi connectivity index (χ1n) is 9.78. The predicted molar refractivity (Wildman–Crippen MR) is 116 cm³/mol. The Hall–Kier alpha value is -4.01. The van der Waals surface area contributed by atoms with Crippen LogP contribution in [0.3, 0.4) is 0 Å². The number of nitrogens with one attached hydrogen (secondary N) is 1. The minimum Gasteiger partial charge on any atom is -0.507 e. The normalized spacial score (nSPS) is 19.0. The Labute approximate surface area is 179 Å². The molecule has 1 atom stereocenters. The van der Waals surface area contributed by atoms with Crippen LogP contribution in [0.25, 0.3) is 0 Å². The molecular weight excluding hydrogens is 396 g/mol. The molecule has 2 N–H and O–H groups in total. The molecular formula is C22H23N6O3+. The van der Waals surface area contributed by atoms with Crippen LogP contribution in [0, 0.1) is 0 Å². The molecule has 2 aromatic carbocycles. The van der Waals surface area contributed by atoms with Crippen molar-refractivity contribution in [3.05, 3.63) is 65.7 Å². The number of rotatable bonds is 4. The number of amides is 3. The predicted octanol–water partition coefficient (Wildman–Crippen LogP) is 1.58. The van der Waals surface area contributed by atoms with E-state index in [-0.39, 0.29) is 11.7 Å². The molecule has 1 unspecified atom stereocenters. The van der Waals surface area contributed by atoms with E-state index in [9.17, 15) is 14.7 Å². The second-order valence-electron chi connectivity index (χ2n) is 7.37. The van der Waals surface area contributed by atoms with Crippen molar-refractivity contribution in [2.45, 2.75) is 19.5 Å². The number of phenols is 1. The lowest BCUT2D eigenvalue weighted by atomic mass is 10.1. The van der Waals surface area contributed by atoms with Gasteiger partial charge in [-0.15, -0.1) is 5.10 Å². The zero-order chi connectivity index (χ0) is 22.1. The van der Waals surface area contributed by atoms with E-state index < -0.39 is 12.1 Å².